The van der Waals surface area contributed by atoms with Gasteiger partial charge in [0.05, 0.1) is 4.47 Å². The summed E-state index contributed by atoms with van der Waals surface area (Å²) in [5.41, 5.74) is 0.576. The summed E-state index contributed by atoms with van der Waals surface area (Å²) in [7, 11) is 0. The molecule has 1 aliphatic heterocycles. The summed E-state index contributed by atoms with van der Waals surface area (Å²) in [5, 5.41) is 0. The molecule has 1 aliphatic carbocycles. The Labute approximate surface area is 127 Å². The summed E-state index contributed by atoms with van der Waals surface area (Å²) >= 11 is 3.15. The minimum absolute atomic E-state index is 0.0368. The van der Waals surface area contributed by atoms with Crippen LogP contribution < -0.4 is 0 Å². The van der Waals surface area contributed by atoms with Crippen molar-refractivity contribution >= 4 is 21.8 Å². The Kier molecular flexibility index (Phi) is 4.11. The van der Waals surface area contributed by atoms with Crippen molar-refractivity contribution in [3.8, 4) is 0 Å². The van der Waals surface area contributed by atoms with E-state index >= 15 is 0 Å². The SMILES string of the molecule is O=C(c1ccc(F)c(Br)c1)N1CCC2CCCCC2C1. The number of hydrogen-bond donors (Lipinski definition) is 0. The molecule has 2 nitrogen and oxygen atoms in total. The molecule has 1 saturated heterocycles. The predicted molar refractivity (Wildman–Crippen MR) is 80.1 cm³/mol. The molecule has 1 amide bonds. The molecule has 1 heterocycles. The van der Waals surface area contributed by atoms with Crippen molar-refractivity contribution in [2.45, 2.75) is 32.1 Å². The van der Waals surface area contributed by atoms with Gasteiger partial charge in [-0.25, -0.2) is 4.39 Å². The zero-order valence-corrected chi connectivity index (χ0v) is 13.0. The first-order valence-electron chi connectivity index (χ1n) is 7.39. The third-order valence-electron chi connectivity index (χ3n) is 4.74. The second-order valence-electron chi connectivity index (χ2n) is 5.97. The van der Waals surface area contributed by atoms with Gasteiger partial charge in [-0.2, -0.15) is 0 Å². The van der Waals surface area contributed by atoms with E-state index in [0.717, 1.165) is 25.4 Å². The van der Waals surface area contributed by atoms with E-state index < -0.39 is 0 Å². The second-order valence-corrected chi connectivity index (χ2v) is 6.83. The van der Waals surface area contributed by atoms with E-state index in [1.54, 1.807) is 12.1 Å². The third-order valence-corrected chi connectivity index (χ3v) is 5.35. The van der Waals surface area contributed by atoms with E-state index in [9.17, 15) is 9.18 Å². The Balaban J connectivity index is 1.72. The maximum Gasteiger partial charge on any atom is 0.253 e. The molecule has 0 radical (unpaired) electrons. The van der Waals surface area contributed by atoms with Crippen LogP contribution in [-0.4, -0.2) is 23.9 Å². The number of carbonyl (C=O) groups excluding carboxylic acids is 1. The zero-order chi connectivity index (χ0) is 14.1. The molecule has 20 heavy (non-hydrogen) atoms. The number of halogens is 2. The number of likely N-dealkylation sites (tertiary alicyclic amines) is 1. The molecule has 2 aliphatic rings. The highest BCUT2D eigenvalue weighted by Crippen LogP contribution is 2.36. The number of hydrogen-bond acceptors (Lipinski definition) is 1. The van der Waals surface area contributed by atoms with Crippen LogP contribution >= 0.6 is 15.9 Å². The lowest BCUT2D eigenvalue weighted by atomic mass is 9.75. The van der Waals surface area contributed by atoms with Crippen LogP contribution in [0.4, 0.5) is 4.39 Å². The van der Waals surface area contributed by atoms with Crippen molar-refractivity contribution in [2.24, 2.45) is 11.8 Å². The van der Waals surface area contributed by atoms with Crippen molar-refractivity contribution in [1.82, 2.24) is 4.90 Å². The van der Waals surface area contributed by atoms with Crippen molar-refractivity contribution in [3.63, 3.8) is 0 Å². The zero-order valence-electron chi connectivity index (χ0n) is 11.4. The van der Waals surface area contributed by atoms with Gasteiger partial charge in [0, 0.05) is 18.7 Å². The van der Waals surface area contributed by atoms with Gasteiger partial charge in [0.25, 0.3) is 5.91 Å². The largest absolute Gasteiger partial charge is 0.338 e. The van der Waals surface area contributed by atoms with Gasteiger partial charge in [0.1, 0.15) is 5.82 Å². The van der Waals surface area contributed by atoms with E-state index in [1.165, 1.54) is 31.7 Å². The van der Waals surface area contributed by atoms with Crippen LogP contribution in [0.2, 0.25) is 0 Å². The van der Waals surface area contributed by atoms with E-state index in [1.807, 2.05) is 4.90 Å². The van der Waals surface area contributed by atoms with Crippen LogP contribution in [0.25, 0.3) is 0 Å². The van der Waals surface area contributed by atoms with Crippen LogP contribution in [0.5, 0.6) is 0 Å². The number of amides is 1. The Hall–Kier alpha value is -0.900. The van der Waals surface area contributed by atoms with Gasteiger partial charge in [-0.3, -0.25) is 4.79 Å². The first-order valence-corrected chi connectivity index (χ1v) is 8.19. The van der Waals surface area contributed by atoms with Gasteiger partial charge in [0.15, 0.2) is 0 Å². The lowest BCUT2D eigenvalue weighted by Crippen LogP contribution is -2.44. The van der Waals surface area contributed by atoms with E-state index in [-0.39, 0.29) is 11.7 Å². The lowest BCUT2D eigenvalue weighted by Gasteiger charge is -2.41. The van der Waals surface area contributed by atoms with Crippen molar-refractivity contribution < 1.29 is 9.18 Å². The van der Waals surface area contributed by atoms with Gasteiger partial charge in [0.2, 0.25) is 0 Å². The van der Waals surface area contributed by atoms with Crippen molar-refractivity contribution in [3.05, 3.63) is 34.1 Å². The summed E-state index contributed by atoms with van der Waals surface area (Å²) in [6, 6.07) is 4.52. The molecule has 3 rings (SSSR count). The normalized spacial score (nSPS) is 26.2. The van der Waals surface area contributed by atoms with E-state index in [4.69, 9.17) is 0 Å². The van der Waals surface area contributed by atoms with Crippen LogP contribution in [0.15, 0.2) is 22.7 Å². The average Bonchev–Trinajstić information content (AvgIpc) is 2.49. The monoisotopic (exact) mass is 339 g/mol. The van der Waals surface area contributed by atoms with Crippen LogP contribution in [-0.2, 0) is 0 Å². The number of fused-ring (bicyclic) bond motifs is 1. The molecule has 1 aromatic rings. The summed E-state index contributed by atoms with van der Waals surface area (Å²) in [6.07, 6.45) is 6.35. The highest BCUT2D eigenvalue weighted by Gasteiger charge is 2.33. The fourth-order valence-corrected chi connectivity index (χ4v) is 3.98. The number of benzene rings is 1. The highest BCUT2D eigenvalue weighted by atomic mass is 79.9. The fraction of sp³-hybridized carbons (Fsp3) is 0.562. The van der Waals surface area contributed by atoms with Crippen LogP contribution in [0, 0.1) is 17.7 Å². The van der Waals surface area contributed by atoms with E-state index in [2.05, 4.69) is 15.9 Å². The Morgan fingerprint density at radius 2 is 1.95 bits per heavy atom. The third kappa shape index (κ3) is 2.76. The highest BCUT2D eigenvalue weighted by molar-refractivity contribution is 9.10. The molecule has 1 aromatic carbocycles. The first-order chi connectivity index (χ1) is 9.65. The number of piperidine rings is 1. The minimum atomic E-state index is -0.326. The summed E-state index contributed by atoms with van der Waals surface area (Å²) < 4.78 is 13.6. The topological polar surface area (TPSA) is 20.3 Å². The average molecular weight is 340 g/mol. The lowest BCUT2D eigenvalue weighted by molar-refractivity contribution is 0.0521. The molecule has 2 unspecified atom stereocenters. The number of rotatable bonds is 1. The van der Waals surface area contributed by atoms with E-state index in [0.29, 0.717) is 16.0 Å². The molecule has 1 saturated carbocycles. The molecule has 108 valence electrons. The minimum Gasteiger partial charge on any atom is -0.338 e. The molecule has 0 spiro atoms. The fourth-order valence-electron chi connectivity index (χ4n) is 3.60. The predicted octanol–water partition coefficient (Wildman–Crippen LogP) is 4.24. The Morgan fingerprint density at radius 1 is 1.20 bits per heavy atom. The quantitative estimate of drug-likeness (QED) is 0.749. The Morgan fingerprint density at radius 3 is 2.70 bits per heavy atom. The van der Waals surface area contributed by atoms with Gasteiger partial charge in [-0.1, -0.05) is 19.3 Å². The first kappa shape index (κ1) is 14.1. The van der Waals surface area contributed by atoms with Crippen LogP contribution in [0.3, 0.4) is 0 Å². The standard InChI is InChI=1S/C16H19BrFNO/c17-14-9-12(5-6-15(14)18)16(20)19-8-7-11-3-1-2-4-13(11)10-19/h5-6,9,11,13H,1-4,7-8,10H2. The molecule has 0 bridgehead atoms. The summed E-state index contributed by atoms with van der Waals surface area (Å²) in [4.78, 5) is 14.5. The van der Waals surface area contributed by atoms with Gasteiger partial charge in [-0.05, 0) is 58.8 Å². The number of nitrogens with zero attached hydrogens (tertiary/aromatic N) is 1. The summed E-state index contributed by atoms with van der Waals surface area (Å²) in [5.74, 6) is 1.19. The van der Waals surface area contributed by atoms with Crippen molar-refractivity contribution in [2.75, 3.05) is 13.1 Å². The van der Waals surface area contributed by atoms with Crippen LogP contribution in [0.1, 0.15) is 42.5 Å². The maximum absolute atomic E-state index is 13.3. The van der Waals surface area contributed by atoms with Gasteiger partial charge in [-0.15, -0.1) is 0 Å². The molecule has 0 N–H and O–H groups in total. The molecule has 2 fully saturated rings. The second kappa shape index (κ2) is 5.84. The smallest absolute Gasteiger partial charge is 0.253 e. The molecule has 4 heteroatoms. The Bertz CT molecular complexity index is 519. The molecular weight excluding hydrogens is 321 g/mol. The maximum atomic E-state index is 13.3. The number of carbonyl (C=O) groups is 1. The molecule has 0 aromatic heterocycles. The van der Waals surface area contributed by atoms with Gasteiger partial charge >= 0.3 is 0 Å². The van der Waals surface area contributed by atoms with Crippen molar-refractivity contribution in [1.29, 1.82) is 0 Å². The molecular formula is C16H19BrFNO. The molecule has 2 atom stereocenters. The summed E-state index contributed by atoms with van der Waals surface area (Å²) in [6.45, 7) is 1.72. The van der Waals surface area contributed by atoms with Gasteiger partial charge < -0.3 is 4.90 Å².